The number of carbonyl (C=O) groups is 5. The van der Waals surface area contributed by atoms with Crippen LogP contribution in [0, 0.1) is 0 Å². The van der Waals surface area contributed by atoms with Crippen LogP contribution in [0.4, 0.5) is 4.79 Å². The van der Waals surface area contributed by atoms with E-state index in [0.29, 0.717) is 17.1 Å². The maximum Gasteiger partial charge on any atom is 0.407 e. The normalized spacial score (nSPS) is 26.2. The standard InChI is InChI=1S/C23H27NO12/c1-10(25)33-19-17(14-6-7-15-16(8-14)32-9-31-15)18(24-23(29)30-5)20(34-11(2)26)22(36-13(4)28)21(19)35-12(3)27/h6-8,17-22H,9H2,1-5H3,(H,24,29)/t17-,18-,19-,20+,21+,22+/m1/s1. The molecule has 1 amide bonds. The van der Waals surface area contributed by atoms with E-state index >= 15 is 0 Å². The summed E-state index contributed by atoms with van der Waals surface area (Å²) in [4.78, 5) is 60.7. The van der Waals surface area contributed by atoms with E-state index in [2.05, 4.69) is 5.32 Å². The number of esters is 4. The molecule has 0 aromatic heterocycles. The van der Waals surface area contributed by atoms with E-state index in [1.807, 2.05) is 0 Å². The molecule has 13 heteroatoms. The minimum absolute atomic E-state index is 0.0126. The molecular weight excluding hydrogens is 482 g/mol. The van der Waals surface area contributed by atoms with Crippen LogP contribution in [0.1, 0.15) is 39.2 Å². The molecule has 0 bridgehead atoms. The van der Waals surface area contributed by atoms with Crippen LogP contribution in [0.5, 0.6) is 11.5 Å². The smallest absolute Gasteiger partial charge is 0.407 e. The summed E-state index contributed by atoms with van der Waals surface area (Å²) in [6.45, 7) is 4.47. The van der Waals surface area contributed by atoms with E-state index in [1.165, 1.54) is 0 Å². The summed E-state index contributed by atoms with van der Waals surface area (Å²) in [5.41, 5.74) is 0.447. The van der Waals surface area contributed by atoms with Gasteiger partial charge < -0.3 is 38.5 Å². The third kappa shape index (κ3) is 5.96. The minimum atomic E-state index is -1.45. The molecular formula is C23H27NO12. The number of carbonyl (C=O) groups excluding carboxylic acids is 5. The lowest BCUT2D eigenvalue weighted by Gasteiger charge is -2.48. The zero-order valence-electron chi connectivity index (χ0n) is 20.3. The van der Waals surface area contributed by atoms with Gasteiger partial charge in [0.05, 0.1) is 13.2 Å². The van der Waals surface area contributed by atoms with Gasteiger partial charge in [-0.05, 0) is 17.7 Å². The van der Waals surface area contributed by atoms with Gasteiger partial charge in [-0.15, -0.1) is 0 Å². The van der Waals surface area contributed by atoms with Crippen molar-refractivity contribution in [1.29, 1.82) is 0 Å². The highest BCUT2D eigenvalue weighted by Gasteiger charge is 2.58. The highest BCUT2D eigenvalue weighted by atomic mass is 16.7. The van der Waals surface area contributed by atoms with Crippen molar-refractivity contribution in [3.63, 3.8) is 0 Å². The van der Waals surface area contributed by atoms with E-state index in [-0.39, 0.29) is 6.79 Å². The van der Waals surface area contributed by atoms with Crippen LogP contribution in [0.15, 0.2) is 18.2 Å². The van der Waals surface area contributed by atoms with E-state index in [0.717, 1.165) is 34.8 Å². The molecule has 1 aliphatic carbocycles. The lowest BCUT2D eigenvalue weighted by Crippen LogP contribution is -2.68. The molecule has 1 aliphatic heterocycles. The number of rotatable bonds is 6. The summed E-state index contributed by atoms with van der Waals surface area (Å²) in [7, 11) is 1.13. The number of ether oxygens (including phenoxy) is 7. The Morgan fingerprint density at radius 1 is 0.750 bits per heavy atom. The zero-order chi connectivity index (χ0) is 26.6. The van der Waals surface area contributed by atoms with E-state index in [9.17, 15) is 24.0 Å². The Balaban J connectivity index is 2.24. The summed E-state index contributed by atoms with van der Waals surface area (Å²) in [6, 6.07) is 3.65. The Morgan fingerprint density at radius 2 is 1.25 bits per heavy atom. The van der Waals surface area contributed by atoms with Gasteiger partial charge in [-0.3, -0.25) is 19.2 Å². The average Bonchev–Trinajstić information content (AvgIpc) is 3.25. The number of nitrogens with one attached hydrogen (secondary N) is 1. The van der Waals surface area contributed by atoms with E-state index < -0.39 is 66.3 Å². The highest BCUT2D eigenvalue weighted by Crippen LogP contribution is 2.43. The maximum atomic E-state index is 12.4. The van der Waals surface area contributed by atoms with Gasteiger partial charge in [0.2, 0.25) is 6.79 Å². The number of hydrogen-bond donors (Lipinski definition) is 1. The summed E-state index contributed by atoms with van der Waals surface area (Å²) in [5, 5.41) is 2.59. The molecule has 1 aromatic rings. The van der Waals surface area contributed by atoms with Crippen molar-refractivity contribution in [2.75, 3.05) is 13.9 Å². The van der Waals surface area contributed by atoms with Gasteiger partial charge in [0.25, 0.3) is 0 Å². The molecule has 0 unspecified atom stereocenters. The Kier molecular flexibility index (Phi) is 8.22. The van der Waals surface area contributed by atoms with Crippen LogP contribution in [-0.4, -0.2) is 74.3 Å². The largest absolute Gasteiger partial charge is 0.458 e. The van der Waals surface area contributed by atoms with Crippen LogP contribution in [-0.2, 0) is 42.9 Å². The van der Waals surface area contributed by atoms with Gasteiger partial charge in [0, 0.05) is 33.6 Å². The first-order valence-electron chi connectivity index (χ1n) is 10.9. The van der Waals surface area contributed by atoms with Crippen LogP contribution < -0.4 is 14.8 Å². The average molecular weight is 509 g/mol. The lowest BCUT2D eigenvalue weighted by atomic mass is 9.72. The molecule has 1 N–H and O–H groups in total. The van der Waals surface area contributed by atoms with Gasteiger partial charge in [0.1, 0.15) is 0 Å². The fourth-order valence-electron chi connectivity index (χ4n) is 4.39. The summed E-state index contributed by atoms with van der Waals surface area (Å²) < 4.78 is 37.5. The Bertz CT molecular complexity index is 1040. The molecule has 0 radical (unpaired) electrons. The minimum Gasteiger partial charge on any atom is -0.458 e. The Labute approximate surface area is 206 Å². The number of amides is 1. The maximum absolute atomic E-state index is 12.4. The molecule has 1 aromatic carbocycles. The fourth-order valence-corrected chi connectivity index (χ4v) is 4.39. The third-order valence-electron chi connectivity index (χ3n) is 5.53. The van der Waals surface area contributed by atoms with Gasteiger partial charge in [-0.2, -0.15) is 0 Å². The SMILES string of the molecule is COC(=O)N[C@H]1[C@H](OC(C)=O)[C@H](OC(C)=O)[C@@H](OC(C)=O)[C@H](OC(C)=O)[C@@H]1c1ccc2c(c1)OCO2. The molecule has 1 saturated carbocycles. The van der Waals surface area contributed by atoms with Gasteiger partial charge in [0.15, 0.2) is 35.9 Å². The first-order valence-corrected chi connectivity index (χ1v) is 10.9. The molecule has 1 fully saturated rings. The monoisotopic (exact) mass is 509 g/mol. The van der Waals surface area contributed by atoms with Crippen LogP contribution in [0.25, 0.3) is 0 Å². The molecule has 196 valence electrons. The van der Waals surface area contributed by atoms with Crippen molar-refractivity contribution < 1.29 is 57.1 Å². The molecule has 0 saturated heterocycles. The van der Waals surface area contributed by atoms with Crippen molar-refractivity contribution in [2.24, 2.45) is 0 Å². The van der Waals surface area contributed by atoms with Crippen LogP contribution >= 0.6 is 0 Å². The van der Waals surface area contributed by atoms with Crippen molar-refractivity contribution in [3.8, 4) is 11.5 Å². The van der Waals surface area contributed by atoms with Crippen LogP contribution in [0.2, 0.25) is 0 Å². The molecule has 6 atom stereocenters. The van der Waals surface area contributed by atoms with Gasteiger partial charge >= 0.3 is 30.0 Å². The van der Waals surface area contributed by atoms with Crippen molar-refractivity contribution in [1.82, 2.24) is 5.32 Å². The van der Waals surface area contributed by atoms with Crippen molar-refractivity contribution in [3.05, 3.63) is 23.8 Å². The van der Waals surface area contributed by atoms with E-state index in [1.54, 1.807) is 18.2 Å². The number of alkyl carbamates (subject to hydrolysis) is 1. The Morgan fingerprint density at radius 3 is 1.81 bits per heavy atom. The second-order valence-corrected chi connectivity index (χ2v) is 8.10. The zero-order valence-corrected chi connectivity index (χ0v) is 20.3. The number of benzene rings is 1. The molecule has 0 spiro atoms. The van der Waals surface area contributed by atoms with Gasteiger partial charge in [-0.25, -0.2) is 4.79 Å². The first-order chi connectivity index (χ1) is 17.0. The summed E-state index contributed by atoms with van der Waals surface area (Å²) in [6.07, 6.45) is -6.45. The predicted octanol–water partition coefficient (Wildman–Crippen LogP) is 0.964. The molecule has 3 rings (SSSR count). The summed E-state index contributed by atoms with van der Waals surface area (Å²) >= 11 is 0. The number of hydrogen-bond acceptors (Lipinski definition) is 12. The van der Waals surface area contributed by atoms with Crippen molar-refractivity contribution in [2.45, 2.75) is 64.1 Å². The quantitative estimate of drug-likeness (QED) is 0.428. The molecule has 1 heterocycles. The fraction of sp³-hybridized carbons (Fsp3) is 0.522. The second kappa shape index (κ2) is 11.1. The van der Waals surface area contributed by atoms with Crippen molar-refractivity contribution >= 4 is 30.0 Å². The highest BCUT2D eigenvalue weighted by molar-refractivity contribution is 5.71. The Hall–Kier alpha value is -4.03. The number of methoxy groups -OCH3 is 1. The second-order valence-electron chi connectivity index (χ2n) is 8.10. The molecule has 36 heavy (non-hydrogen) atoms. The number of fused-ring (bicyclic) bond motifs is 1. The third-order valence-corrected chi connectivity index (χ3v) is 5.53. The van der Waals surface area contributed by atoms with Crippen LogP contribution in [0.3, 0.4) is 0 Å². The molecule has 2 aliphatic rings. The molecule has 13 nitrogen and oxygen atoms in total. The van der Waals surface area contributed by atoms with Gasteiger partial charge in [-0.1, -0.05) is 6.07 Å². The predicted molar refractivity (Wildman–Crippen MR) is 117 cm³/mol. The first kappa shape index (κ1) is 26.6. The van der Waals surface area contributed by atoms with E-state index in [4.69, 9.17) is 33.2 Å². The summed E-state index contributed by atoms with van der Waals surface area (Å²) in [5.74, 6) is -3.25. The topological polar surface area (TPSA) is 162 Å². The lowest BCUT2D eigenvalue weighted by molar-refractivity contribution is -0.217.